The molecule has 0 saturated carbocycles. The van der Waals surface area contributed by atoms with Crippen molar-refractivity contribution in [2.45, 2.75) is 0 Å². The summed E-state index contributed by atoms with van der Waals surface area (Å²) in [5.41, 5.74) is 6.21. The third-order valence-corrected chi connectivity index (χ3v) is 4.57. The average molecular weight is 395 g/mol. The van der Waals surface area contributed by atoms with Gasteiger partial charge in [0.1, 0.15) is 0 Å². The maximum atomic E-state index is 12.8. The lowest BCUT2D eigenvalue weighted by Gasteiger charge is -2.09. The maximum absolute atomic E-state index is 12.8. The van der Waals surface area contributed by atoms with Crippen molar-refractivity contribution < 1.29 is 14.7 Å². The first-order valence-electron chi connectivity index (χ1n) is 9.24. The molecule has 0 aliphatic heterocycles. The van der Waals surface area contributed by atoms with Gasteiger partial charge in [0.2, 0.25) is 0 Å². The van der Waals surface area contributed by atoms with Gasteiger partial charge in [-0.3, -0.25) is 4.79 Å². The highest BCUT2D eigenvalue weighted by atomic mass is 16.4. The summed E-state index contributed by atoms with van der Waals surface area (Å²) < 4.78 is 0. The number of para-hydroxylation sites is 1. The number of hydrazone groups is 1. The predicted octanol–water partition coefficient (Wildman–Crippen LogP) is 4.36. The largest absolute Gasteiger partial charge is 0.478 e. The van der Waals surface area contributed by atoms with E-state index in [-0.39, 0.29) is 11.5 Å². The number of amides is 1. The van der Waals surface area contributed by atoms with Crippen LogP contribution in [-0.4, -0.2) is 28.2 Å². The third-order valence-electron chi connectivity index (χ3n) is 4.57. The number of nitrogens with zero attached hydrogens (tertiary/aromatic N) is 2. The highest BCUT2D eigenvalue weighted by molar-refractivity contribution is 6.07. The van der Waals surface area contributed by atoms with Crippen LogP contribution in [0.2, 0.25) is 0 Å². The van der Waals surface area contributed by atoms with E-state index in [0.29, 0.717) is 16.8 Å². The van der Waals surface area contributed by atoms with Crippen molar-refractivity contribution in [3.05, 3.63) is 102 Å². The van der Waals surface area contributed by atoms with Gasteiger partial charge >= 0.3 is 5.97 Å². The van der Waals surface area contributed by atoms with Crippen LogP contribution in [0.25, 0.3) is 22.2 Å². The van der Waals surface area contributed by atoms with Crippen LogP contribution in [0.1, 0.15) is 26.3 Å². The molecule has 0 radical (unpaired) electrons. The summed E-state index contributed by atoms with van der Waals surface area (Å²) in [4.78, 5) is 28.4. The number of rotatable bonds is 5. The number of carbonyl (C=O) groups is 2. The van der Waals surface area contributed by atoms with Gasteiger partial charge in [-0.05, 0) is 29.8 Å². The molecule has 0 unspecified atom stereocenters. The molecular weight excluding hydrogens is 378 g/mol. The molecule has 6 nitrogen and oxygen atoms in total. The van der Waals surface area contributed by atoms with E-state index in [0.717, 1.165) is 16.5 Å². The minimum atomic E-state index is -0.995. The molecule has 1 amide bonds. The molecule has 4 rings (SSSR count). The Morgan fingerprint density at radius 1 is 0.900 bits per heavy atom. The number of hydrogen-bond donors (Lipinski definition) is 2. The molecular formula is C24H17N3O3. The standard InChI is InChI=1S/C24H17N3O3/c28-23(27-25-15-16-10-12-18(13-11-16)24(29)30)20-14-22(17-6-2-1-3-7-17)26-21-9-5-4-8-19(20)21/h1-15H,(H,27,28)(H,29,30). The van der Waals surface area contributed by atoms with Crippen LogP contribution in [0, 0.1) is 0 Å². The van der Waals surface area contributed by atoms with Crippen molar-refractivity contribution in [1.82, 2.24) is 10.4 Å². The summed E-state index contributed by atoms with van der Waals surface area (Å²) in [5, 5.41) is 13.7. The summed E-state index contributed by atoms with van der Waals surface area (Å²) in [6.07, 6.45) is 1.46. The van der Waals surface area contributed by atoms with Gasteiger partial charge in [0.15, 0.2) is 0 Å². The Morgan fingerprint density at radius 3 is 2.33 bits per heavy atom. The number of carbonyl (C=O) groups excluding carboxylic acids is 1. The second-order valence-corrected chi connectivity index (χ2v) is 6.56. The Kier molecular flexibility index (Phi) is 5.30. The first-order valence-corrected chi connectivity index (χ1v) is 9.24. The molecule has 2 N–H and O–H groups in total. The summed E-state index contributed by atoms with van der Waals surface area (Å²) in [6.45, 7) is 0. The summed E-state index contributed by atoms with van der Waals surface area (Å²) in [5.74, 6) is -1.35. The van der Waals surface area contributed by atoms with E-state index in [1.54, 1.807) is 18.2 Å². The summed E-state index contributed by atoms with van der Waals surface area (Å²) >= 11 is 0. The molecule has 0 aliphatic carbocycles. The molecule has 0 aliphatic rings. The molecule has 0 saturated heterocycles. The van der Waals surface area contributed by atoms with Crippen molar-refractivity contribution in [2.24, 2.45) is 5.10 Å². The van der Waals surface area contributed by atoms with Crippen LogP contribution in [0.4, 0.5) is 0 Å². The number of carboxylic acid groups (broad SMARTS) is 1. The Hall–Kier alpha value is -4.32. The average Bonchev–Trinajstić information content (AvgIpc) is 2.79. The fourth-order valence-corrected chi connectivity index (χ4v) is 3.06. The molecule has 4 aromatic rings. The Balaban J connectivity index is 1.61. The summed E-state index contributed by atoms with van der Waals surface area (Å²) in [6, 6.07) is 25.1. The van der Waals surface area contributed by atoms with Crippen LogP contribution in [0.15, 0.2) is 90.0 Å². The van der Waals surface area contributed by atoms with Crippen molar-refractivity contribution in [3.63, 3.8) is 0 Å². The molecule has 0 spiro atoms. The lowest BCUT2D eigenvalue weighted by Crippen LogP contribution is -2.18. The second-order valence-electron chi connectivity index (χ2n) is 6.56. The van der Waals surface area contributed by atoms with E-state index in [9.17, 15) is 9.59 Å². The molecule has 30 heavy (non-hydrogen) atoms. The first kappa shape index (κ1) is 19.0. The smallest absolute Gasteiger partial charge is 0.335 e. The molecule has 1 heterocycles. The number of benzene rings is 3. The Bertz CT molecular complexity index is 1250. The monoisotopic (exact) mass is 395 g/mol. The lowest BCUT2D eigenvalue weighted by molar-refractivity contribution is 0.0696. The lowest BCUT2D eigenvalue weighted by atomic mass is 10.0. The van der Waals surface area contributed by atoms with E-state index in [1.165, 1.54) is 18.3 Å². The molecule has 3 aromatic carbocycles. The third kappa shape index (κ3) is 4.07. The topological polar surface area (TPSA) is 91.6 Å². The number of aromatic nitrogens is 1. The molecule has 1 aromatic heterocycles. The van der Waals surface area contributed by atoms with E-state index in [4.69, 9.17) is 5.11 Å². The van der Waals surface area contributed by atoms with Crippen LogP contribution in [-0.2, 0) is 0 Å². The van der Waals surface area contributed by atoms with Gasteiger partial charge in [-0.2, -0.15) is 5.10 Å². The van der Waals surface area contributed by atoms with Crippen LogP contribution >= 0.6 is 0 Å². The fraction of sp³-hybridized carbons (Fsp3) is 0. The van der Waals surface area contributed by atoms with Crippen molar-refractivity contribution >= 4 is 29.0 Å². The highest BCUT2D eigenvalue weighted by Gasteiger charge is 2.13. The zero-order valence-corrected chi connectivity index (χ0v) is 15.8. The molecule has 0 bridgehead atoms. The van der Waals surface area contributed by atoms with Gasteiger partial charge < -0.3 is 5.11 Å². The van der Waals surface area contributed by atoms with Gasteiger partial charge in [-0.15, -0.1) is 0 Å². The van der Waals surface area contributed by atoms with Gasteiger partial charge in [-0.1, -0.05) is 60.7 Å². The van der Waals surface area contributed by atoms with Crippen LogP contribution in [0.3, 0.4) is 0 Å². The number of aromatic carboxylic acids is 1. The van der Waals surface area contributed by atoms with Crippen molar-refractivity contribution in [3.8, 4) is 11.3 Å². The van der Waals surface area contributed by atoms with Crippen LogP contribution < -0.4 is 5.43 Å². The van der Waals surface area contributed by atoms with Crippen molar-refractivity contribution in [2.75, 3.05) is 0 Å². The SMILES string of the molecule is O=C(O)c1ccc(C=NNC(=O)c2cc(-c3ccccc3)nc3ccccc23)cc1. The number of nitrogens with one attached hydrogen (secondary N) is 1. The van der Waals surface area contributed by atoms with Gasteiger partial charge in [0.05, 0.1) is 28.6 Å². The Labute approximate surface area is 172 Å². The zero-order valence-electron chi connectivity index (χ0n) is 15.8. The number of carboxylic acids is 1. The molecule has 0 fully saturated rings. The van der Waals surface area contributed by atoms with Gasteiger partial charge in [-0.25, -0.2) is 15.2 Å². The predicted molar refractivity (Wildman–Crippen MR) is 116 cm³/mol. The van der Waals surface area contributed by atoms with E-state index in [1.807, 2.05) is 54.6 Å². The quantitative estimate of drug-likeness (QED) is 0.388. The second kappa shape index (κ2) is 8.36. The number of fused-ring (bicyclic) bond motifs is 1. The summed E-state index contributed by atoms with van der Waals surface area (Å²) in [7, 11) is 0. The Morgan fingerprint density at radius 2 is 1.60 bits per heavy atom. The minimum Gasteiger partial charge on any atom is -0.478 e. The highest BCUT2D eigenvalue weighted by Crippen LogP contribution is 2.24. The minimum absolute atomic E-state index is 0.188. The zero-order chi connectivity index (χ0) is 20.9. The molecule has 0 atom stereocenters. The molecule has 146 valence electrons. The van der Waals surface area contributed by atoms with Crippen molar-refractivity contribution in [1.29, 1.82) is 0 Å². The van der Waals surface area contributed by atoms with E-state index in [2.05, 4.69) is 15.5 Å². The first-order chi connectivity index (χ1) is 14.6. The number of hydrogen-bond acceptors (Lipinski definition) is 4. The van der Waals surface area contributed by atoms with E-state index >= 15 is 0 Å². The van der Waals surface area contributed by atoms with E-state index < -0.39 is 5.97 Å². The van der Waals surface area contributed by atoms with Crippen LogP contribution in [0.5, 0.6) is 0 Å². The fourth-order valence-electron chi connectivity index (χ4n) is 3.06. The maximum Gasteiger partial charge on any atom is 0.335 e. The molecule has 6 heteroatoms. The normalized spacial score (nSPS) is 10.9. The van der Waals surface area contributed by atoms with Gasteiger partial charge in [0, 0.05) is 10.9 Å². The van der Waals surface area contributed by atoms with Gasteiger partial charge in [0.25, 0.3) is 5.91 Å². The number of pyridine rings is 1.